The van der Waals surface area contributed by atoms with Gasteiger partial charge in [0.1, 0.15) is 5.75 Å². The van der Waals surface area contributed by atoms with Gasteiger partial charge in [0.05, 0.1) is 29.5 Å². The molecule has 0 bridgehead atoms. The fraction of sp³-hybridized carbons (Fsp3) is 0.375. The molecule has 1 N–H and O–H groups in total. The first-order valence-electron chi connectivity index (χ1n) is 10.5. The number of amidine groups is 1. The molecule has 2 aromatic rings. The summed E-state index contributed by atoms with van der Waals surface area (Å²) in [7, 11) is 0. The predicted molar refractivity (Wildman–Crippen MR) is 125 cm³/mol. The van der Waals surface area contributed by atoms with Crippen LogP contribution in [-0.4, -0.2) is 52.4 Å². The van der Waals surface area contributed by atoms with E-state index in [1.54, 1.807) is 12.1 Å². The van der Waals surface area contributed by atoms with Crippen LogP contribution in [0.15, 0.2) is 46.3 Å². The number of amides is 1. The third-order valence-electron chi connectivity index (χ3n) is 5.85. The van der Waals surface area contributed by atoms with Crippen molar-refractivity contribution < 1.29 is 14.6 Å². The van der Waals surface area contributed by atoms with Crippen molar-refractivity contribution in [3.05, 3.63) is 52.6 Å². The van der Waals surface area contributed by atoms with Crippen LogP contribution in [0.5, 0.6) is 5.75 Å². The van der Waals surface area contributed by atoms with Crippen molar-refractivity contribution in [3.63, 3.8) is 0 Å². The number of hydrogen-bond acceptors (Lipinski definition) is 6. The van der Waals surface area contributed by atoms with Gasteiger partial charge in [-0.1, -0.05) is 26.8 Å². The Hall–Kier alpha value is -2.64. The van der Waals surface area contributed by atoms with Gasteiger partial charge in [-0.05, 0) is 60.0 Å². The van der Waals surface area contributed by atoms with Crippen molar-refractivity contribution in [3.8, 4) is 17.0 Å². The molecule has 0 unspecified atom stereocenters. The molecule has 3 heterocycles. The normalized spacial score (nSPS) is 18.5. The molecule has 0 saturated carbocycles. The molecule has 162 valence electrons. The van der Waals surface area contributed by atoms with Crippen LogP contribution in [0.1, 0.15) is 38.4 Å². The maximum Gasteiger partial charge on any atom is 0.286 e. The van der Waals surface area contributed by atoms with Gasteiger partial charge >= 0.3 is 0 Å². The summed E-state index contributed by atoms with van der Waals surface area (Å²) >= 11 is 1.39. The summed E-state index contributed by atoms with van der Waals surface area (Å²) < 4.78 is 5.38. The lowest BCUT2D eigenvalue weighted by Gasteiger charge is -2.27. The Morgan fingerprint density at radius 2 is 2.00 bits per heavy atom. The van der Waals surface area contributed by atoms with Gasteiger partial charge in [-0.2, -0.15) is 4.99 Å². The van der Waals surface area contributed by atoms with E-state index in [1.165, 1.54) is 11.8 Å². The highest BCUT2D eigenvalue weighted by atomic mass is 32.2. The van der Waals surface area contributed by atoms with E-state index in [-0.39, 0.29) is 11.3 Å². The standard InChI is InChI=1S/C24H27N3O3S/c1-4-24(2,3)18-14-16(8-9-20(18)28)19-7-5-6-17(25-19)15-21-22(29)26-23(31-21)27-10-12-30-13-11-27/h5-9,14-15,28H,4,10-13H2,1-3H3. The SMILES string of the molecule is CCC(C)(C)c1cc(-c2cccc(C=C3SC(N4CCOCC4)=NC3=O)n2)ccc1O. The number of phenolic OH excluding ortho intramolecular Hbond substituents is 1. The van der Waals surface area contributed by atoms with Crippen LogP contribution in [0.25, 0.3) is 17.3 Å². The fourth-order valence-corrected chi connectivity index (χ4v) is 4.49. The number of morpholine rings is 1. The number of phenols is 1. The topological polar surface area (TPSA) is 75.0 Å². The fourth-order valence-electron chi connectivity index (χ4n) is 3.54. The predicted octanol–water partition coefficient (Wildman–Crippen LogP) is 4.44. The maximum absolute atomic E-state index is 12.4. The van der Waals surface area contributed by atoms with E-state index in [2.05, 4.69) is 30.7 Å². The molecule has 4 rings (SSSR count). The van der Waals surface area contributed by atoms with Crippen LogP contribution in [0.4, 0.5) is 0 Å². The van der Waals surface area contributed by atoms with Crippen LogP contribution in [-0.2, 0) is 14.9 Å². The molecule has 1 aromatic carbocycles. The smallest absolute Gasteiger partial charge is 0.286 e. The van der Waals surface area contributed by atoms with E-state index in [4.69, 9.17) is 9.72 Å². The van der Waals surface area contributed by atoms with Crippen molar-refractivity contribution in [2.24, 2.45) is 4.99 Å². The average Bonchev–Trinajstić information content (AvgIpc) is 3.15. The minimum Gasteiger partial charge on any atom is -0.508 e. The van der Waals surface area contributed by atoms with Gasteiger partial charge in [0, 0.05) is 24.2 Å². The first-order valence-corrected chi connectivity index (χ1v) is 11.4. The van der Waals surface area contributed by atoms with Gasteiger partial charge < -0.3 is 14.7 Å². The molecule has 1 saturated heterocycles. The van der Waals surface area contributed by atoms with Crippen molar-refractivity contribution in [2.45, 2.75) is 32.6 Å². The number of rotatable bonds is 4. The summed E-state index contributed by atoms with van der Waals surface area (Å²) in [5.74, 6) is 0.0740. The van der Waals surface area contributed by atoms with Crippen LogP contribution in [0.3, 0.4) is 0 Å². The quantitative estimate of drug-likeness (QED) is 0.713. The zero-order valence-electron chi connectivity index (χ0n) is 18.1. The Morgan fingerprint density at radius 3 is 2.74 bits per heavy atom. The molecule has 0 atom stereocenters. The highest BCUT2D eigenvalue weighted by Crippen LogP contribution is 2.36. The summed E-state index contributed by atoms with van der Waals surface area (Å²) in [6, 6.07) is 11.4. The van der Waals surface area contributed by atoms with E-state index in [0.29, 0.717) is 29.6 Å². The Morgan fingerprint density at radius 1 is 1.23 bits per heavy atom. The average molecular weight is 438 g/mol. The largest absolute Gasteiger partial charge is 0.508 e. The molecule has 1 fully saturated rings. The molecule has 0 spiro atoms. The lowest BCUT2D eigenvalue weighted by atomic mass is 9.81. The van der Waals surface area contributed by atoms with Crippen molar-refractivity contribution in [2.75, 3.05) is 26.3 Å². The number of nitrogens with zero attached hydrogens (tertiary/aromatic N) is 3. The lowest BCUT2D eigenvalue weighted by molar-refractivity contribution is -0.113. The summed E-state index contributed by atoms with van der Waals surface area (Å²) in [5, 5.41) is 11.1. The molecular formula is C24H27N3O3S. The number of carbonyl (C=O) groups is 1. The number of thioether (sulfide) groups is 1. The van der Waals surface area contributed by atoms with Gasteiger partial charge in [0.15, 0.2) is 5.17 Å². The number of aliphatic imine (C=N–C) groups is 1. The zero-order chi connectivity index (χ0) is 22.0. The third kappa shape index (κ3) is 4.67. The highest BCUT2D eigenvalue weighted by molar-refractivity contribution is 8.18. The second-order valence-corrected chi connectivity index (χ2v) is 9.34. The first kappa shape index (κ1) is 21.6. The third-order valence-corrected chi connectivity index (χ3v) is 6.89. The van der Waals surface area contributed by atoms with Gasteiger partial charge in [0.2, 0.25) is 0 Å². The number of benzene rings is 1. The molecule has 1 amide bonds. The van der Waals surface area contributed by atoms with Gasteiger partial charge in [-0.3, -0.25) is 4.79 Å². The molecule has 31 heavy (non-hydrogen) atoms. The number of aromatic nitrogens is 1. The summed E-state index contributed by atoms with van der Waals surface area (Å²) in [5.41, 5.74) is 3.21. The summed E-state index contributed by atoms with van der Waals surface area (Å²) in [6.45, 7) is 9.15. The van der Waals surface area contributed by atoms with Crippen LogP contribution < -0.4 is 0 Å². The molecule has 1 aromatic heterocycles. The number of carbonyl (C=O) groups excluding carboxylic acids is 1. The molecule has 0 aliphatic carbocycles. The Bertz CT molecular complexity index is 1060. The lowest BCUT2D eigenvalue weighted by Crippen LogP contribution is -2.38. The van der Waals surface area contributed by atoms with E-state index >= 15 is 0 Å². The zero-order valence-corrected chi connectivity index (χ0v) is 18.9. The summed E-state index contributed by atoms with van der Waals surface area (Å²) in [6.07, 6.45) is 2.71. The van der Waals surface area contributed by atoms with Gasteiger partial charge in [0.25, 0.3) is 5.91 Å². The Kier molecular flexibility index (Phi) is 6.16. The molecule has 0 radical (unpaired) electrons. The van der Waals surface area contributed by atoms with Crippen molar-refractivity contribution >= 4 is 28.9 Å². The number of aromatic hydroxyl groups is 1. The van der Waals surface area contributed by atoms with Crippen molar-refractivity contribution in [1.82, 2.24) is 9.88 Å². The number of pyridine rings is 1. The second kappa shape index (κ2) is 8.85. The Labute approximate surface area is 187 Å². The molecule has 6 nitrogen and oxygen atoms in total. The first-order chi connectivity index (χ1) is 14.9. The van der Waals surface area contributed by atoms with E-state index in [9.17, 15) is 9.90 Å². The minimum atomic E-state index is -0.227. The summed E-state index contributed by atoms with van der Waals surface area (Å²) in [4.78, 5) is 24.0. The van der Waals surface area contributed by atoms with Gasteiger partial charge in [-0.25, -0.2) is 4.98 Å². The monoisotopic (exact) mass is 437 g/mol. The van der Waals surface area contributed by atoms with Crippen LogP contribution in [0, 0.1) is 0 Å². The van der Waals surface area contributed by atoms with Crippen molar-refractivity contribution in [1.29, 1.82) is 0 Å². The minimum absolute atomic E-state index is 0.139. The highest BCUT2D eigenvalue weighted by Gasteiger charge is 2.27. The molecule has 7 heteroatoms. The van der Waals surface area contributed by atoms with E-state index in [0.717, 1.165) is 41.5 Å². The van der Waals surface area contributed by atoms with Crippen LogP contribution >= 0.6 is 11.8 Å². The molecule has 2 aliphatic rings. The number of ether oxygens (including phenoxy) is 1. The number of hydrogen-bond donors (Lipinski definition) is 1. The van der Waals surface area contributed by atoms with Gasteiger partial charge in [-0.15, -0.1) is 0 Å². The Balaban J connectivity index is 1.58. The van der Waals surface area contributed by atoms with E-state index in [1.807, 2.05) is 30.3 Å². The second-order valence-electron chi connectivity index (χ2n) is 8.33. The maximum atomic E-state index is 12.4. The van der Waals surface area contributed by atoms with E-state index < -0.39 is 0 Å². The molecule has 2 aliphatic heterocycles. The van der Waals surface area contributed by atoms with Crippen LogP contribution in [0.2, 0.25) is 0 Å². The molecular weight excluding hydrogens is 410 g/mol.